The number of aliphatic hydroxyl groups is 2. The minimum atomic E-state index is -4.32. The van der Waals surface area contributed by atoms with Crippen molar-refractivity contribution in [1.82, 2.24) is 14.6 Å². The number of aromatic nitrogens is 2. The van der Waals surface area contributed by atoms with Crippen LogP contribution >= 0.6 is 7.75 Å². The van der Waals surface area contributed by atoms with Gasteiger partial charge < -0.3 is 24.2 Å². The zero-order valence-electron chi connectivity index (χ0n) is 22.1. The Morgan fingerprint density at radius 2 is 1.95 bits per heavy atom. The standard InChI is InChI=1S/C25H34N3O10P/c1-6-16(4)36-22(31)17(5)27-39(34,38-18-10-8-7-9-11-18)35-14-19-21(30)25(33,15(2)3)23(37-19)28-13-12-20(29)26-24(28)32/h7-13,16-17,19,21,23,30,33H,2,6,14H2,1,3-5H3,(H,27,34)(H,26,29,32)/t16-,17+,19-,21-,23-,25-,39?/m1/s1. The van der Waals surface area contributed by atoms with Crippen LogP contribution in [-0.2, 0) is 23.4 Å². The molecule has 1 saturated heterocycles. The number of hydrogen-bond donors (Lipinski definition) is 4. The number of ether oxygens (including phenoxy) is 2. The zero-order chi connectivity index (χ0) is 29.0. The molecule has 0 radical (unpaired) electrons. The summed E-state index contributed by atoms with van der Waals surface area (Å²) in [6, 6.07) is 8.00. The number of hydrogen-bond acceptors (Lipinski definition) is 10. The molecular formula is C25H34N3O10P. The third-order valence-electron chi connectivity index (χ3n) is 6.25. The molecule has 1 unspecified atom stereocenters. The predicted molar refractivity (Wildman–Crippen MR) is 140 cm³/mol. The Hall–Kier alpha value is -3.06. The Morgan fingerprint density at radius 1 is 1.28 bits per heavy atom. The monoisotopic (exact) mass is 567 g/mol. The van der Waals surface area contributed by atoms with Gasteiger partial charge in [-0.1, -0.05) is 31.7 Å². The number of nitrogens with zero attached hydrogens (tertiary/aromatic N) is 1. The third-order valence-corrected chi connectivity index (χ3v) is 7.89. The van der Waals surface area contributed by atoms with E-state index in [1.807, 2.05) is 6.92 Å². The van der Waals surface area contributed by atoms with Gasteiger partial charge in [-0.2, -0.15) is 5.09 Å². The molecule has 214 valence electrons. The van der Waals surface area contributed by atoms with E-state index in [4.69, 9.17) is 18.5 Å². The highest BCUT2D eigenvalue weighted by molar-refractivity contribution is 7.52. The van der Waals surface area contributed by atoms with Crippen LogP contribution in [0.25, 0.3) is 0 Å². The van der Waals surface area contributed by atoms with Crippen molar-refractivity contribution in [3.63, 3.8) is 0 Å². The first-order valence-corrected chi connectivity index (χ1v) is 13.9. The maximum atomic E-state index is 13.8. The van der Waals surface area contributed by atoms with Crippen LogP contribution in [0.4, 0.5) is 0 Å². The highest BCUT2D eigenvalue weighted by atomic mass is 31.2. The second-order valence-electron chi connectivity index (χ2n) is 9.30. The summed E-state index contributed by atoms with van der Waals surface area (Å²) >= 11 is 0. The normalized spacial score (nSPS) is 25.8. The van der Waals surface area contributed by atoms with Crippen LogP contribution in [0.15, 0.2) is 64.3 Å². The quantitative estimate of drug-likeness (QED) is 0.166. The number of carbonyl (C=O) groups excluding carboxylic acids is 1. The van der Waals surface area contributed by atoms with E-state index in [-0.39, 0.29) is 17.4 Å². The van der Waals surface area contributed by atoms with Gasteiger partial charge in [-0.15, -0.1) is 0 Å². The van der Waals surface area contributed by atoms with E-state index < -0.39 is 61.7 Å². The molecular weight excluding hydrogens is 533 g/mol. The Bertz CT molecular complexity index is 1330. The van der Waals surface area contributed by atoms with Crippen molar-refractivity contribution < 1.29 is 38.1 Å². The number of carbonyl (C=O) groups is 1. The number of para-hydroxylation sites is 1. The minimum Gasteiger partial charge on any atom is -0.462 e. The summed E-state index contributed by atoms with van der Waals surface area (Å²) in [7, 11) is -4.32. The molecule has 1 aliphatic heterocycles. The lowest BCUT2D eigenvalue weighted by Crippen LogP contribution is -2.50. The summed E-state index contributed by atoms with van der Waals surface area (Å²) in [6.07, 6.45) is -3.23. The smallest absolute Gasteiger partial charge is 0.459 e. The van der Waals surface area contributed by atoms with Crippen molar-refractivity contribution in [3.05, 3.63) is 75.6 Å². The van der Waals surface area contributed by atoms with Crippen molar-refractivity contribution in [3.8, 4) is 5.75 Å². The lowest BCUT2D eigenvalue weighted by Gasteiger charge is -2.32. The summed E-state index contributed by atoms with van der Waals surface area (Å²) in [5.41, 5.74) is -3.68. The molecule has 0 bridgehead atoms. The van der Waals surface area contributed by atoms with Crippen molar-refractivity contribution in [2.75, 3.05) is 6.61 Å². The van der Waals surface area contributed by atoms with Crippen molar-refractivity contribution in [1.29, 1.82) is 0 Å². The second kappa shape index (κ2) is 12.4. The molecule has 1 fully saturated rings. The SMILES string of the molecule is C=C(C)[C@@]1(O)[C@H](O)[C@@H](COP(=O)(N[C@@H](C)C(=O)O[C@H](C)CC)Oc2ccccc2)O[C@H]1n1ccc(=O)[nH]c1=O. The molecule has 7 atom stereocenters. The summed E-state index contributed by atoms with van der Waals surface area (Å²) < 4.78 is 36.9. The first-order chi connectivity index (χ1) is 18.3. The van der Waals surface area contributed by atoms with E-state index in [2.05, 4.69) is 16.7 Å². The summed E-state index contributed by atoms with van der Waals surface area (Å²) in [4.78, 5) is 38.5. The fourth-order valence-corrected chi connectivity index (χ4v) is 5.31. The first-order valence-electron chi connectivity index (χ1n) is 12.3. The van der Waals surface area contributed by atoms with E-state index in [9.17, 15) is 29.2 Å². The average Bonchev–Trinajstić information content (AvgIpc) is 3.14. The highest BCUT2D eigenvalue weighted by Gasteiger charge is 2.57. The van der Waals surface area contributed by atoms with Gasteiger partial charge in [0.05, 0.1) is 12.7 Å². The molecule has 13 nitrogen and oxygen atoms in total. The number of H-pyrrole nitrogens is 1. The second-order valence-corrected chi connectivity index (χ2v) is 11.0. The van der Waals surface area contributed by atoms with Crippen LogP contribution in [0.1, 0.15) is 40.3 Å². The van der Waals surface area contributed by atoms with Crippen LogP contribution in [0.5, 0.6) is 5.75 Å². The number of nitrogens with one attached hydrogen (secondary N) is 2. The van der Waals surface area contributed by atoms with Gasteiger partial charge in [0.25, 0.3) is 5.56 Å². The number of aromatic amines is 1. The van der Waals surface area contributed by atoms with Crippen molar-refractivity contribution in [2.24, 2.45) is 0 Å². The summed E-state index contributed by atoms with van der Waals surface area (Å²) in [5.74, 6) is -0.518. The van der Waals surface area contributed by atoms with Gasteiger partial charge >= 0.3 is 19.4 Å². The van der Waals surface area contributed by atoms with E-state index in [0.717, 1.165) is 16.8 Å². The fraction of sp³-hybridized carbons (Fsp3) is 0.480. The Balaban J connectivity index is 1.86. The average molecular weight is 568 g/mol. The molecule has 1 aromatic heterocycles. The van der Waals surface area contributed by atoms with Crippen LogP contribution in [0.2, 0.25) is 0 Å². The van der Waals surface area contributed by atoms with Crippen molar-refractivity contribution >= 4 is 13.7 Å². The van der Waals surface area contributed by atoms with E-state index in [1.54, 1.807) is 25.1 Å². The molecule has 1 aromatic carbocycles. The molecule has 39 heavy (non-hydrogen) atoms. The Labute approximate surface area is 225 Å². The Kier molecular flexibility index (Phi) is 9.70. The van der Waals surface area contributed by atoms with Crippen LogP contribution in [-0.4, -0.2) is 62.3 Å². The number of esters is 1. The van der Waals surface area contributed by atoms with Crippen LogP contribution in [0.3, 0.4) is 0 Å². The summed E-state index contributed by atoms with van der Waals surface area (Å²) in [5, 5.41) is 24.9. The summed E-state index contributed by atoms with van der Waals surface area (Å²) in [6.45, 7) is 9.52. The molecule has 4 N–H and O–H groups in total. The van der Waals surface area contributed by atoms with Gasteiger partial charge in [-0.05, 0) is 44.9 Å². The van der Waals surface area contributed by atoms with Crippen LogP contribution in [0, 0.1) is 0 Å². The molecule has 14 heteroatoms. The number of rotatable bonds is 12. The highest BCUT2D eigenvalue weighted by Crippen LogP contribution is 2.47. The van der Waals surface area contributed by atoms with E-state index in [0.29, 0.717) is 6.42 Å². The maximum Gasteiger partial charge on any atom is 0.459 e. The molecule has 0 spiro atoms. The minimum absolute atomic E-state index is 0.0591. The molecule has 3 rings (SSSR count). The van der Waals surface area contributed by atoms with Gasteiger partial charge in [0.2, 0.25) is 0 Å². The zero-order valence-corrected chi connectivity index (χ0v) is 23.0. The van der Waals surface area contributed by atoms with Gasteiger partial charge in [0.15, 0.2) is 11.8 Å². The van der Waals surface area contributed by atoms with Gasteiger partial charge in [-0.3, -0.25) is 23.7 Å². The first kappa shape index (κ1) is 30.5. The predicted octanol–water partition coefficient (Wildman–Crippen LogP) is 1.63. The third kappa shape index (κ3) is 6.93. The van der Waals surface area contributed by atoms with E-state index in [1.165, 1.54) is 26.0 Å². The largest absolute Gasteiger partial charge is 0.462 e. The number of aliphatic hydroxyl groups excluding tert-OH is 1. The van der Waals surface area contributed by atoms with Crippen LogP contribution < -0.4 is 20.9 Å². The lowest BCUT2D eigenvalue weighted by molar-refractivity contribution is -0.150. The fourth-order valence-electron chi connectivity index (χ4n) is 3.81. The Morgan fingerprint density at radius 3 is 2.54 bits per heavy atom. The van der Waals surface area contributed by atoms with Gasteiger partial charge in [-0.25, -0.2) is 9.36 Å². The maximum absolute atomic E-state index is 13.8. The van der Waals surface area contributed by atoms with E-state index >= 15 is 0 Å². The molecule has 0 aliphatic carbocycles. The molecule has 0 amide bonds. The molecule has 2 aromatic rings. The lowest BCUT2D eigenvalue weighted by atomic mass is 9.87. The number of benzene rings is 1. The molecule has 2 heterocycles. The van der Waals surface area contributed by atoms with Crippen molar-refractivity contribution in [2.45, 2.75) is 70.3 Å². The molecule has 0 saturated carbocycles. The topological polar surface area (TPSA) is 178 Å². The van der Waals surface area contributed by atoms with Gasteiger partial charge in [0.1, 0.15) is 24.0 Å². The molecule has 1 aliphatic rings. The van der Waals surface area contributed by atoms with Gasteiger partial charge in [0, 0.05) is 12.3 Å².